The van der Waals surface area contributed by atoms with Crippen LogP contribution in [-0.4, -0.2) is 25.5 Å². The lowest BCUT2D eigenvalue weighted by molar-refractivity contribution is -0.120. The minimum Gasteiger partial charge on any atom is -0.356 e. The fourth-order valence-electron chi connectivity index (χ4n) is 1.30. The summed E-state index contributed by atoms with van der Waals surface area (Å²) in [5.41, 5.74) is 1.22. The zero-order chi connectivity index (χ0) is 8.81. The smallest absolute Gasteiger partial charge is 0.224 e. The molecule has 0 bridgehead atoms. The summed E-state index contributed by atoms with van der Waals surface area (Å²) < 4.78 is 0. The van der Waals surface area contributed by atoms with Gasteiger partial charge in [0.25, 0.3) is 0 Å². The number of rotatable bonds is 3. The van der Waals surface area contributed by atoms with Crippen molar-refractivity contribution in [1.29, 1.82) is 0 Å². The Morgan fingerprint density at radius 1 is 1.75 bits per heavy atom. The highest BCUT2D eigenvalue weighted by atomic mass is 16.1. The van der Waals surface area contributed by atoms with E-state index >= 15 is 0 Å². The van der Waals surface area contributed by atoms with Crippen LogP contribution in [0.1, 0.15) is 19.8 Å². The standard InChI is InChI=1S/C9H16N2O/c1-2-11-9(12)6-8-4-3-5-10-7-8/h4,10H,2-3,5-7H2,1H3,(H,11,12). The first kappa shape index (κ1) is 9.26. The lowest BCUT2D eigenvalue weighted by atomic mass is 10.1. The number of carbonyl (C=O) groups is 1. The molecule has 0 saturated heterocycles. The van der Waals surface area contributed by atoms with E-state index in [9.17, 15) is 4.79 Å². The second-order valence-electron chi connectivity index (χ2n) is 2.96. The van der Waals surface area contributed by atoms with Gasteiger partial charge in [-0.15, -0.1) is 0 Å². The minimum atomic E-state index is 0.132. The molecule has 1 aliphatic heterocycles. The van der Waals surface area contributed by atoms with Crippen LogP contribution in [0, 0.1) is 0 Å². The van der Waals surface area contributed by atoms with Crippen LogP contribution in [-0.2, 0) is 4.79 Å². The second-order valence-corrected chi connectivity index (χ2v) is 2.96. The van der Waals surface area contributed by atoms with Gasteiger partial charge < -0.3 is 10.6 Å². The summed E-state index contributed by atoms with van der Waals surface area (Å²) in [6.07, 6.45) is 3.77. The Morgan fingerprint density at radius 2 is 2.58 bits per heavy atom. The molecule has 0 aliphatic carbocycles. The van der Waals surface area contributed by atoms with Crippen LogP contribution >= 0.6 is 0 Å². The van der Waals surface area contributed by atoms with Crippen LogP contribution in [0.15, 0.2) is 11.6 Å². The molecule has 0 aromatic heterocycles. The third-order valence-corrected chi connectivity index (χ3v) is 1.87. The molecule has 3 nitrogen and oxygen atoms in total. The summed E-state index contributed by atoms with van der Waals surface area (Å²) >= 11 is 0. The van der Waals surface area contributed by atoms with Gasteiger partial charge in [0.2, 0.25) is 5.91 Å². The van der Waals surface area contributed by atoms with Gasteiger partial charge in [-0.3, -0.25) is 4.79 Å². The Labute approximate surface area is 73.2 Å². The van der Waals surface area contributed by atoms with Crippen LogP contribution in [0.3, 0.4) is 0 Å². The molecule has 0 saturated carbocycles. The van der Waals surface area contributed by atoms with Gasteiger partial charge in [0.1, 0.15) is 0 Å². The van der Waals surface area contributed by atoms with Crippen molar-refractivity contribution >= 4 is 5.91 Å². The van der Waals surface area contributed by atoms with Crippen molar-refractivity contribution < 1.29 is 4.79 Å². The van der Waals surface area contributed by atoms with E-state index in [1.165, 1.54) is 5.57 Å². The predicted octanol–water partition coefficient (Wildman–Crippen LogP) is 0.432. The summed E-state index contributed by atoms with van der Waals surface area (Å²) in [6.45, 7) is 4.57. The van der Waals surface area contributed by atoms with E-state index in [1.807, 2.05) is 6.92 Å². The third kappa shape index (κ3) is 3.05. The molecule has 12 heavy (non-hydrogen) atoms. The SMILES string of the molecule is CCNC(=O)CC1=CCCNC1. The molecule has 0 unspecified atom stereocenters. The Balaban J connectivity index is 2.29. The summed E-state index contributed by atoms with van der Waals surface area (Å²) in [7, 11) is 0. The monoisotopic (exact) mass is 168 g/mol. The first-order valence-corrected chi connectivity index (χ1v) is 4.48. The minimum absolute atomic E-state index is 0.132. The van der Waals surface area contributed by atoms with Gasteiger partial charge in [-0.05, 0) is 19.9 Å². The molecular weight excluding hydrogens is 152 g/mol. The van der Waals surface area contributed by atoms with Gasteiger partial charge in [-0.25, -0.2) is 0 Å². The van der Waals surface area contributed by atoms with Crippen LogP contribution in [0.2, 0.25) is 0 Å². The summed E-state index contributed by atoms with van der Waals surface area (Å²) in [6, 6.07) is 0. The van der Waals surface area contributed by atoms with Gasteiger partial charge in [0, 0.05) is 19.5 Å². The molecule has 0 atom stereocenters. The van der Waals surface area contributed by atoms with E-state index in [2.05, 4.69) is 16.7 Å². The molecule has 0 fully saturated rings. The molecule has 1 rings (SSSR count). The van der Waals surface area contributed by atoms with E-state index < -0.39 is 0 Å². The number of amides is 1. The average Bonchev–Trinajstić information content (AvgIpc) is 2.06. The van der Waals surface area contributed by atoms with Gasteiger partial charge in [0.05, 0.1) is 0 Å². The fraction of sp³-hybridized carbons (Fsp3) is 0.667. The van der Waals surface area contributed by atoms with E-state index in [4.69, 9.17) is 0 Å². The van der Waals surface area contributed by atoms with Crippen LogP contribution in [0.4, 0.5) is 0 Å². The zero-order valence-corrected chi connectivity index (χ0v) is 7.52. The van der Waals surface area contributed by atoms with Crippen molar-refractivity contribution in [3.8, 4) is 0 Å². The molecule has 0 aromatic carbocycles. The van der Waals surface area contributed by atoms with E-state index in [-0.39, 0.29) is 5.91 Å². The van der Waals surface area contributed by atoms with Crippen molar-refractivity contribution in [3.63, 3.8) is 0 Å². The molecule has 2 N–H and O–H groups in total. The third-order valence-electron chi connectivity index (χ3n) is 1.87. The van der Waals surface area contributed by atoms with Gasteiger partial charge >= 0.3 is 0 Å². The largest absolute Gasteiger partial charge is 0.356 e. The van der Waals surface area contributed by atoms with E-state index in [0.717, 1.165) is 26.1 Å². The molecule has 1 heterocycles. The molecule has 0 aromatic rings. The Bertz CT molecular complexity index is 187. The maximum Gasteiger partial charge on any atom is 0.224 e. The number of hydrogen-bond donors (Lipinski definition) is 2. The summed E-state index contributed by atoms with van der Waals surface area (Å²) in [5, 5.41) is 6.02. The lowest BCUT2D eigenvalue weighted by Crippen LogP contribution is -2.28. The maximum atomic E-state index is 11.1. The maximum absolute atomic E-state index is 11.1. The van der Waals surface area contributed by atoms with E-state index in [0.29, 0.717) is 6.42 Å². The molecule has 0 radical (unpaired) electrons. The number of hydrogen-bond acceptors (Lipinski definition) is 2. The molecular formula is C9H16N2O. The average molecular weight is 168 g/mol. The Morgan fingerprint density at radius 3 is 3.17 bits per heavy atom. The zero-order valence-electron chi connectivity index (χ0n) is 7.52. The predicted molar refractivity (Wildman–Crippen MR) is 48.9 cm³/mol. The van der Waals surface area contributed by atoms with Crippen molar-refractivity contribution in [2.24, 2.45) is 0 Å². The van der Waals surface area contributed by atoms with Crippen molar-refractivity contribution in [1.82, 2.24) is 10.6 Å². The Kier molecular flexibility index (Phi) is 3.80. The fourth-order valence-corrected chi connectivity index (χ4v) is 1.30. The van der Waals surface area contributed by atoms with Crippen LogP contribution < -0.4 is 10.6 Å². The lowest BCUT2D eigenvalue weighted by Gasteiger charge is -2.13. The normalized spacial score (nSPS) is 16.9. The van der Waals surface area contributed by atoms with Gasteiger partial charge in [-0.2, -0.15) is 0 Å². The first-order valence-electron chi connectivity index (χ1n) is 4.48. The highest BCUT2D eigenvalue weighted by molar-refractivity contribution is 5.78. The first-order chi connectivity index (χ1) is 5.83. The topological polar surface area (TPSA) is 41.1 Å². The van der Waals surface area contributed by atoms with Crippen molar-refractivity contribution in [3.05, 3.63) is 11.6 Å². The second kappa shape index (κ2) is 4.93. The molecule has 0 spiro atoms. The van der Waals surface area contributed by atoms with Crippen LogP contribution in [0.25, 0.3) is 0 Å². The number of nitrogens with one attached hydrogen (secondary N) is 2. The highest BCUT2D eigenvalue weighted by Gasteiger charge is 2.06. The van der Waals surface area contributed by atoms with Gasteiger partial charge in [0.15, 0.2) is 0 Å². The van der Waals surface area contributed by atoms with E-state index in [1.54, 1.807) is 0 Å². The van der Waals surface area contributed by atoms with Gasteiger partial charge in [-0.1, -0.05) is 11.6 Å². The quantitative estimate of drug-likeness (QED) is 0.600. The van der Waals surface area contributed by atoms with Crippen LogP contribution in [0.5, 0.6) is 0 Å². The molecule has 68 valence electrons. The van der Waals surface area contributed by atoms with Crippen molar-refractivity contribution in [2.45, 2.75) is 19.8 Å². The van der Waals surface area contributed by atoms with Crippen molar-refractivity contribution in [2.75, 3.05) is 19.6 Å². The Hall–Kier alpha value is -0.830. The highest BCUT2D eigenvalue weighted by Crippen LogP contribution is 2.05. The number of carbonyl (C=O) groups excluding carboxylic acids is 1. The summed E-state index contributed by atoms with van der Waals surface area (Å²) in [5.74, 6) is 0.132. The molecule has 1 amide bonds. The molecule has 1 aliphatic rings. The summed E-state index contributed by atoms with van der Waals surface area (Å²) in [4.78, 5) is 11.1. The molecule has 3 heteroatoms.